The van der Waals surface area contributed by atoms with Crippen molar-refractivity contribution in [3.63, 3.8) is 0 Å². The average Bonchev–Trinajstić information content (AvgIpc) is 3.23. The molecule has 1 saturated carbocycles. The Kier molecular flexibility index (Phi) is 3.59. The van der Waals surface area contributed by atoms with E-state index in [0.29, 0.717) is 11.8 Å². The lowest BCUT2D eigenvalue weighted by Gasteiger charge is -2.42. The second-order valence-electron chi connectivity index (χ2n) is 6.82. The number of hydrogen-bond acceptors (Lipinski definition) is 2. The van der Waals surface area contributed by atoms with Crippen molar-refractivity contribution < 1.29 is 10.2 Å². The van der Waals surface area contributed by atoms with E-state index >= 15 is 0 Å². The van der Waals surface area contributed by atoms with E-state index in [9.17, 15) is 10.2 Å². The molecule has 0 aliphatic heterocycles. The standard InChI is InChI=1S/C21H22O2/c22-14-19-15-11-12-16(13-15)20(19)21(23,17-7-3-1-4-8-17)18-9-5-2-6-10-18/h1-12,15-16,19-20,22-23H,13-14H2/t15-,16+,19-,20+/m0/s1. The summed E-state index contributed by atoms with van der Waals surface area (Å²) in [6, 6.07) is 19.8. The summed E-state index contributed by atoms with van der Waals surface area (Å²) in [5, 5.41) is 21.9. The summed E-state index contributed by atoms with van der Waals surface area (Å²) in [7, 11) is 0. The number of fused-ring (bicyclic) bond motifs is 2. The summed E-state index contributed by atoms with van der Waals surface area (Å²) < 4.78 is 0. The van der Waals surface area contributed by atoms with E-state index in [0.717, 1.165) is 17.5 Å². The maximum Gasteiger partial charge on any atom is 0.118 e. The summed E-state index contributed by atoms with van der Waals surface area (Å²) >= 11 is 0. The van der Waals surface area contributed by atoms with Crippen LogP contribution in [0, 0.1) is 23.7 Å². The Bertz CT molecular complexity index is 653. The zero-order chi connectivity index (χ0) is 15.9. The highest BCUT2D eigenvalue weighted by Gasteiger charge is 2.54. The van der Waals surface area contributed by atoms with Crippen molar-refractivity contribution in [3.8, 4) is 0 Å². The lowest BCUT2D eigenvalue weighted by molar-refractivity contribution is -0.0306. The van der Waals surface area contributed by atoms with E-state index in [1.54, 1.807) is 0 Å². The fourth-order valence-electron chi connectivity index (χ4n) is 4.73. The third-order valence-corrected chi connectivity index (χ3v) is 5.74. The second kappa shape index (κ2) is 5.63. The number of rotatable bonds is 4. The Labute approximate surface area is 137 Å². The third-order valence-electron chi connectivity index (χ3n) is 5.74. The van der Waals surface area contributed by atoms with Crippen LogP contribution in [0.25, 0.3) is 0 Å². The Balaban J connectivity index is 1.88. The van der Waals surface area contributed by atoms with Crippen molar-refractivity contribution in [1.29, 1.82) is 0 Å². The van der Waals surface area contributed by atoms with Gasteiger partial charge in [-0.05, 0) is 35.3 Å². The van der Waals surface area contributed by atoms with Crippen LogP contribution in [0.5, 0.6) is 0 Å². The van der Waals surface area contributed by atoms with Crippen molar-refractivity contribution in [2.45, 2.75) is 12.0 Å². The summed E-state index contributed by atoms with van der Waals surface area (Å²) in [5.41, 5.74) is 0.756. The first-order valence-corrected chi connectivity index (χ1v) is 8.37. The number of benzene rings is 2. The predicted molar refractivity (Wildman–Crippen MR) is 90.7 cm³/mol. The van der Waals surface area contributed by atoms with Gasteiger partial charge in [0.15, 0.2) is 0 Å². The van der Waals surface area contributed by atoms with Crippen molar-refractivity contribution in [3.05, 3.63) is 83.9 Å². The van der Waals surface area contributed by atoms with Crippen LogP contribution in [0.3, 0.4) is 0 Å². The smallest absolute Gasteiger partial charge is 0.118 e. The summed E-state index contributed by atoms with van der Waals surface area (Å²) in [6.45, 7) is 0.123. The number of aliphatic hydroxyl groups is 2. The van der Waals surface area contributed by atoms with E-state index < -0.39 is 5.60 Å². The van der Waals surface area contributed by atoms with Crippen LogP contribution in [0.2, 0.25) is 0 Å². The largest absolute Gasteiger partial charge is 0.396 e. The first-order chi connectivity index (χ1) is 11.2. The summed E-state index contributed by atoms with van der Waals surface area (Å²) in [6.07, 6.45) is 5.49. The highest BCUT2D eigenvalue weighted by molar-refractivity contribution is 5.39. The zero-order valence-electron chi connectivity index (χ0n) is 13.0. The van der Waals surface area contributed by atoms with Crippen molar-refractivity contribution in [2.75, 3.05) is 6.61 Å². The van der Waals surface area contributed by atoms with Gasteiger partial charge in [0.25, 0.3) is 0 Å². The van der Waals surface area contributed by atoms with Gasteiger partial charge in [0.1, 0.15) is 5.60 Å². The molecular weight excluding hydrogens is 284 g/mol. The van der Waals surface area contributed by atoms with Gasteiger partial charge in [-0.3, -0.25) is 0 Å². The molecule has 2 N–H and O–H groups in total. The minimum absolute atomic E-state index is 0.00676. The molecule has 2 aromatic rings. The normalized spacial score (nSPS) is 29.1. The van der Waals surface area contributed by atoms with E-state index in [1.807, 2.05) is 60.7 Å². The Hall–Kier alpha value is -1.90. The fraction of sp³-hybridized carbons (Fsp3) is 0.333. The third kappa shape index (κ3) is 2.17. The molecule has 0 heterocycles. The van der Waals surface area contributed by atoms with Gasteiger partial charge < -0.3 is 10.2 Å². The van der Waals surface area contributed by atoms with Gasteiger partial charge in [0.2, 0.25) is 0 Å². The topological polar surface area (TPSA) is 40.5 Å². The van der Waals surface area contributed by atoms with Crippen LogP contribution in [-0.2, 0) is 5.60 Å². The van der Waals surface area contributed by atoms with Crippen LogP contribution in [-0.4, -0.2) is 16.8 Å². The predicted octanol–water partition coefficient (Wildman–Crippen LogP) is 3.35. The fourth-order valence-corrected chi connectivity index (χ4v) is 4.73. The molecule has 1 fully saturated rings. The van der Waals surface area contributed by atoms with E-state index in [-0.39, 0.29) is 18.4 Å². The Morgan fingerprint density at radius 3 is 1.87 bits per heavy atom. The highest BCUT2D eigenvalue weighted by Crippen LogP contribution is 2.56. The average molecular weight is 306 g/mol. The van der Waals surface area contributed by atoms with E-state index in [2.05, 4.69) is 12.2 Å². The molecule has 0 saturated heterocycles. The molecular formula is C21H22O2. The molecule has 2 aliphatic carbocycles. The first kappa shape index (κ1) is 14.7. The molecule has 2 aliphatic rings. The molecule has 2 bridgehead atoms. The number of allylic oxidation sites excluding steroid dienone is 2. The van der Waals surface area contributed by atoms with Crippen LogP contribution >= 0.6 is 0 Å². The molecule has 2 nitrogen and oxygen atoms in total. The lowest BCUT2D eigenvalue weighted by atomic mass is 9.66. The minimum Gasteiger partial charge on any atom is -0.396 e. The molecule has 0 unspecified atom stereocenters. The van der Waals surface area contributed by atoms with Crippen LogP contribution in [0.1, 0.15) is 17.5 Å². The van der Waals surface area contributed by atoms with Crippen molar-refractivity contribution in [2.24, 2.45) is 23.7 Å². The van der Waals surface area contributed by atoms with Crippen molar-refractivity contribution >= 4 is 0 Å². The summed E-state index contributed by atoms with van der Waals surface area (Å²) in [5.74, 6) is 0.819. The van der Waals surface area contributed by atoms with Gasteiger partial charge >= 0.3 is 0 Å². The molecule has 118 valence electrons. The van der Waals surface area contributed by atoms with Gasteiger partial charge in [0, 0.05) is 12.5 Å². The monoisotopic (exact) mass is 306 g/mol. The quantitative estimate of drug-likeness (QED) is 0.851. The summed E-state index contributed by atoms with van der Waals surface area (Å²) in [4.78, 5) is 0. The zero-order valence-corrected chi connectivity index (χ0v) is 13.0. The van der Waals surface area contributed by atoms with Gasteiger partial charge in [-0.1, -0.05) is 72.8 Å². The molecule has 2 aromatic carbocycles. The maximum absolute atomic E-state index is 11.9. The SMILES string of the molecule is OC[C@@H]1[C@H](C(O)(c2ccccc2)c2ccccc2)[C@@H]2C=C[C@H]1C2. The molecule has 2 heteroatoms. The Morgan fingerprint density at radius 1 is 0.826 bits per heavy atom. The molecule has 23 heavy (non-hydrogen) atoms. The molecule has 4 rings (SSSR count). The number of aliphatic hydroxyl groups excluding tert-OH is 1. The van der Waals surface area contributed by atoms with Crippen LogP contribution in [0.4, 0.5) is 0 Å². The first-order valence-electron chi connectivity index (χ1n) is 8.37. The highest BCUT2D eigenvalue weighted by atomic mass is 16.3. The van der Waals surface area contributed by atoms with E-state index in [1.165, 1.54) is 0 Å². The van der Waals surface area contributed by atoms with Gasteiger partial charge in [-0.2, -0.15) is 0 Å². The van der Waals surface area contributed by atoms with Crippen molar-refractivity contribution in [1.82, 2.24) is 0 Å². The lowest BCUT2D eigenvalue weighted by Crippen LogP contribution is -2.43. The number of hydrogen-bond donors (Lipinski definition) is 2. The van der Waals surface area contributed by atoms with Crippen LogP contribution < -0.4 is 0 Å². The van der Waals surface area contributed by atoms with Crippen LogP contribution in [0.15, 0.2) is 72.8 Å². The van der Waals surface area contributed by atoms with Gasteiger partial charge in [-0.15, -0.1) is 0 Å². The second-order valence-corrected chi connectivity index (χ2v) is 6.82. The minimum atomic E-state index is -1.07. The maximum atomic E-state index is 11.9. The molecule has 0 radical (unpaired) electrons. The molecule has 0 aromatic heterocycles. The van der Waals surface area contributed by atoms with Gasteiger partial charge in [-0.25, -0.2) is 0 Å². The van der Waals surface area contributed by atoms with E-state index in [4.69, 9.17) is 0 Å². The molecule has 4 atom stereocenters. The molecule has 0 spiro atoms. The molecule has 0 amide bonds. The Morgan fingerprint density at radius 2 is 1.35 bits per heavy atom. The van der Waals surface area contributed by atoms with Gasteiger partial charge in [0.05, 0.1) is 0 Å².